The second-order valence-corrected chi connectivity index (χ2v) is 4.30. The van der Waals surface area contributed by atoms with Crippen LogP contribution < -0.4 is 5.73 Å². The van der Waals surface area contributed by atoms with Crippen LogP contribution in [-0.4, -0.2) is 4.57 Å². The summed E-state index contributed by atoms with van der Waals surface area (Å²) in [5, 5.41) is 8.77. The Morgan fingerprint density at radius 1 is 1.44 bits per heavy atom. The number of aromatic nitrogens is 1. The second-order valence-electron chi connectivity index (χ2n) is 4.30. The Hall–Kier alpha value is -2.12. The molecular formula is C14H14FN3. The summed E-state index contributed by atoms with van der Waals surface area (Å²) in [4.78, 5) is 0. The quantitative estimate of drug-likeness (QED) is 0.900. The topological polar surface area (TPSA) is 54.7 Å². The molecule has 1 aromatic heterocycles. The molecule has 18 heavy (non-hydrogen) atoms. The van der Waals surface area contributed by atoms with Gasteiger partial charge in [-0.05, 0) is 24.6 Å². The van der Waals surface area contributed by atoms with E-state index in [0.29, 0.717) is 12.1 Å². The Labute approximate surface area is 105 Å². The molecule has 2 aromatic rings. The first-order valence-electron chi connectivity index (χ1n) is 5.70. The summed E-state index contributed by atoms with van der Waals surface area (Å²) in [6, 6.07) is 8.56. The van der Waals surface area contributed by atoms with Crippen molar-refractivity contribution in [3.05, 3.63) is 59.2 Å². The molecule has 0 amide bonds. The van der Waals surface area contributed by atoms with Crippen molar-refractivity contribution in [1.82, 2.24) is 4.57 Å². The van der Waals surface area contributed by atoms with Gasteiger partial charge in [0.15, 0.2) is 0 Å². The van der Waals surface area contributed by atoms with Gasteiger partial charge in [0.05, 0.1) is 5.56 Å². The number of halogens is 1. The summed E-state index contributed by atoms with van der Waals surface area (Å²) in [7, 11) is 0. The van der Waals surface area contributed by atoms with Crippen LogP contribution in [0.3, 0.4) is 0 Å². The lowest BCUT2D eigenvalue weighted by Crippen LogP contribution is -2.04. The van der Waals surface area contributed by atoms with E-state index in [-0.39, 0.29) is 11.6 Å². The minimum absolute atomic E-state index is 0.0402. The fraction of sp³-hybridized carbons (Fsp3) is 0.214. The molecule has 0 spiro atoms. The molecule has 1 unspecified atom stereocenters. The van der Waals surface area contributed by atoms with Crippen LogP contribution in [0.25, 0.3) is 0 Å². The van der Waals surface area contributed by atoms with E-state index in [1.165, 1.54) is 6.07 Å². The molecule has 0 bridgehead atoms. The minimum Gasteiger partial charge on any atom is -0.349 e. The average Bonchev–Trinajstić information content (AvgIpc) is 2.80. The lowest BCUT2D eigenvalue weighted by molar-refractivity contribution is 0.596. The van der Waals surface area contributed by atoms with Gasteiger partial charge in [-0.25, -0.2) is 4.39 Å². The van der Waals surface area contributed by atoms with Crippen LogP contribution in [0, 0.1) is 17.1 Å². The first-order chi connectivity index (χ1) is 8.61. The molecule has 0 aliphatic heterocycles. The summed E-state index contributed by atoms with van der Waals surface area (Å²) in [5.74, 6) is -0.448. The van der Waals surface area contributed by atoms with Gasteiger partial charge in [-0.15, -0.1) is 0 Å². The molecule has 0 saturated heterocycles. The van der Waals surface area contributed by atoms with Crippen molar-refractivity contribution in [2.24, 2.45) is 5.73 Å². The molecule has 0 radical (unpaired) electrons. The lowest BCUT2D eigenvalue weighted by Gasteiger charge is -2.06. The zero-order valence-corrected chi connectivity index (χ0v) is 10.1. The fourth-order valence-electron chi connectivity index (χ4n) is 1.81. The van der Waals surface area contributed by atoms with Gasteiger partial charge < -0.3 is 10.3 Å². The van der Waals surface area contributed by atoms with E-state index in [9.17, 15) is 4.39 Å². The number of nitrogens with two attached hydrogens (primary N) is 1. The third-order valence-corrected chi connectivity index (χ3v) is 2.85. The van der Waals surface area contributed by atoms with E-state index in [0.717, 1.165) is 5.56 Å². The number of rotatable bonds is 3. The smallest absolute Gasteiger partial charge is 0.145 e. The first kappa shape index (κ1) is 12.3. The monoisotopic (exact) mass is 243 g/mol. The predicted molar refractivity (Wildman–Crippen MR) is 67.3 cm³/mol. The third-order valence-electron chi connectivity index (χ3n) is 2.85. The molecule has 1 aromatic carbocycles. The van der Waals surface area contributed by atoms with Crippen LogP contribution >= 0.6 is 0 Å². The number of benzene rings is 1. The predicted octanol–water partition coefficient (Wildman–Crippen LogP) is 2.57. The maximum atomic E-state index is 13.9. The van der Waals surface area contributed by atoms with Gasteiger partial charge >= 0.3 is 0 Å². The second kappa shape index (κ2) is 5.03. The van der Waals surface area contributed by atoms with E-state index >= 15 is 0 Å². The minimum atomic E-state index is -0.448. The van der Waals surface area contributed by atoms with Gasteiger partial charge in [-0.2, -0.15) is 5.26 Å². The molecule has 0 saturated carbocycles. The van der Waals surface area contributed by atoms with Gasteiger partial charge in [-0.1, -0.05) is 12.1 Å². The van der Waals surface area contributed by atoms with Crippen molar-refractivity contribution in [1.29, 1.82) is 5.26 Å². The molecule has 92 valence electrons. The van der Waals surface area contributed by atoms with Crippen LogP contribution in [0.15, 0.2) is 36.7 Å². The number of hydrogen-bond donors (Lipinski definition) is 1. The standard InChI is InChI=1S/C14H14FN3/c1-10(17)12-5-6-18(8-12)9-13-4-2-3-11(7-16)14(13)15/h2-6,8,10H,9,17H2,1H3. The highest BCUT2D eigenvalue weighted by atomic mass is 19.1. The fourth-order valence-corrected chi connectivity index (χ4v) is 1.81. The largest absolute Gasteiger partial charge is 0.349 e. The Bertz CT molecular complexity index is 593. The molecule has 0 fully saturated rings. The Balaban J connectivity index is 2.26. The van der Waals surface area contributed by atoms with E-state index in [4.69, 9.17) is 11.0 Å². The molecule has 1 heterocycles. The van der Waals surface area contributed by atoms with Gasteiger partial charge in [-0.3, -0.25) is 0 Å². The van der Waals surface area contributed by atoms with Gasteiger partial charge in [0, 0.05) is 30.5 Å². The highest BCUT2D eigenvalue weighted by Gasteiger charge is 2.08. The Morgan fingerprint density at radius 2 is 2.22 bits per heavy atom. The highest BCUT2D eigenvalue weighted by molar-refractivity contribution is 5.35. The van der Waals surface area contributed by atoms with Crippen molar-refractivity contribution >= 4 is 0 Å². The van der Waals surface area contributed by atoms with E-state index in [1.807, 2.05) is 36.0 Å². The zero-order valence-electron chi connectivity index (χ0n) is 10.1. The molecule has 3 nitrogen and oxygen atoms in total. The van der Waals surface area contributed by atoms with Crippen molar-refractivity contribution < 1.29 is 4.39 Å². The number of hydrogen-bond acceptors (Lipinski definition) is 2. The van der Waals surface area contributed by atoms with Gasteiger partial charge in [0.2, 0.25) is 0 Å². The van der Waals surface area contributed by atoms with Crippen LogP contribution in [0.1, 0.15) is 29.7 Å². The van der Waals surface area contributed by atoms with Crippen LogP contribution in [0.4, 0.5) is 4.39 Å². The molecule has 0 aliphatic rings. The molecule has 0 aliphatic carbocycles. The van der Waals surface area contributed by atoms with Gasteiger partial charge in [0.25, 0.3) is 0 Å². The van der Waals surface area contributed by atoms with Crippen LogP contribution in [0.5, 0.6) is 0 Å². The van der Waals surface area contributed by atoms with E-state index in [2.05, 4.69) is 0 Å². The molecule has 2 N–H and O–H groups in total. The molecule has 1 atom stereocenters. The highest BCUT2D eigenvalue weighted by Crippen LogP contribution is 2.15. The first-order valence-corrected chi connectivity index (χ1v) is 5.70. The molecule has 2 rings (SSSR count). The van der Waals surface area contributed by atoms with Crippen molar-refractivity contribution in [2.45, 2.75) is 19.5 Å². The number of nitrogens with zero attached hydrogens (tertiary/aromatic N) is 2. The molecule has 4 heteroatoms. The molecular weight excluding hydrogens is 229 g/mol. The van der Waals surface area contributed by atoms with Gasteiger partial charge in [0.1, 0.15) is 11.9 Å². The lowest BCUT2D eigenvalue weighted by atomic mass is 10.1. The van der Waals surface area contributed by atoms with Crippen LogP contribution in [-0.2, 0) is 6.54 Å². The summed E-state index contributed by atoms with van der Waals surface area (Å²) >= 11 is 0. The maximum Gasteiger partial charge on any atom is 0.145 e. The van der Waals surface area contributed by atoms with Crippen molar-refractivity contribution in [3.8, 4) is 6.07 Å². The number of nitriles is 1. The Morgan fingerprint density at radius 3 is 2.83 bits per heavy atom. The summed E-state index contributed by atoms with van der Waals surface area (Å²) < 4.78 is 15.7. The third kappa shape index (κ3) is 2.41. The SMILES string of the molecule is CC(N)c1ccn(Cc2cccc(C#N)c2F)c1. The zero-order chi connectivity index (χ0) is 13.1. The average molecular weight is 243 g/mol. The summed E-state index contributed by atoms with van der Waals surface area (Å²) in [5.41, 5.74) is 7.35. The van der Waals surface area contributed by atoms with E-state index < -0.39 is 5.82 Å². The van der Waals surface area contributed by atoms with Crippen molar-refractivity contribution in [2.75, 3.05) is 0 Å². The van der Waals surface area contributed by atoms with E-state index in [1.54, 1.807) is 12.1 Å². The summed E-state index contributed by atoms with van der Waals surface area (Å²) in [6.07, 6.45) is 3.75. The summed E-state index contributed by atoms with van der Waals surface area (Å²) in [6.45, 7) is 2.30. The maximum absolute atomic E-state index is 13.9. The van der Waals surface area contributed by atoms with Crippen molar-refractivity contribution in [3.63, 3.8) is 0 Å². The normalized spacial score (nSPS) is 12.1. The Kier molecular flexibility index (Phi) is 3.45. The van der Waals surface area contributed by atoms with Crippen LogP contribution in [0.2, 0.25) is 0 Å².